The molecule has 3 heterocycles. The van der Waals surface area contributed by atoms with Gasteiger partial charge in [0.25, 0.3) is 5.91 Å². The molecule has 0 atom stereocenters. The molecule has 4 rings (SSSR count). The van der Waals surface area contributed by atoms with Crippen LogP contribution in [0.5, 0.6) is 0 Å². The van der Waals surface area contributed by atoms with E-state index in [2.05, 4.69) is 38.1 Å². The molecule has 0 unspecified atom stereocenters. The first-order valence-electron chi connectivity index (χ1n) is 8.43. The molecule has 2 aliphatic rings. The van der Waals surface area contributed by atoms with Gasteiger partial charge in [0.05, 0.1) is 14.8 Å². The number of nitrogens with zero attached hydrogens (tertiary/aromatic N) is 3. The maximum Gasteiger partial charge on any atom is 0.264 e. The van der Waals surface area contributed by atoms with Crippen LogP contribution in [0.2, 0.25) is 0 Å². The molecule has 0 spiro atoms. The largest absolute Gasteiger partial charge is 0.411 e. The maximum atomic E-state index is 12.9. The van der Waals surface area contributed by atoms with Gasteiger partial charge in [0, 0.05) is 54.1 Å². The van der Waals surface area contributed by atoms with Crippen LogP contribution in [0.25, 0.3) is 0 Å². The van der Waals surface area contributed by atoms with Crippen molar-refractivity contribution < 1.29 is 10.0 Å². The van der Waals surface area contributed by atoms with E-state index in [1.165, 1.54) is 17.0 Å². The van der Waals surface area contributed by atoms with Crippen molar-refractivity contribution in [3.8, 4) is 0 Å². The normalized spacial score (nSPS) is 18.9. The number of carbonyl (C=O) groups excluding carboxylic acids is 1. The maximum absolute atomic E-state index is 12.9. The molecule has 136 valence electrons. The Morgan fingerprint density at radius 3 is 2.73 bits per heavy atom. The van der Waals surface area contributed by atoms with Gasteiger partial charge in [-0.1, -0.05) is 27.2 Å². The molecule has 1 aromatic carbocycles. The van der Waals surface area contributed by atoms with Crippen LogP contribution in [0.1, 0.15) is 21.7 Å². The highest BCUT2D eigenvalue weighted by Crippen LogP contribution is 2.38. The minimum Gasteiger partial charge on any atom is -0.411 e. The number of thioether (sulfide) groups is 1. The summed E-state index contributed by atoms with van der Waals surface area (Å²) in [6, 6.07) is 10.2. The van der Waals surface area contributed by atoms with Crippen molar-refractivity contribution in [2.45, 2.75) is 10.6 Å². The molecule has 0 radical (unpaired) electrons. The highest BCUT2D eigenvalue weighted by molar-refractivity contribution is 9.10. The van der Waals surface area contributed by atoms with Gasteiger partial charge in [0.1, 0.15) is 0 Å². The van der Waals surface area contributed by atoms with Crippen molar-refractivity contribution in [3.63, 3.8) is 0 Å². The van der Waals surface area contributed by atoms with E-state index in [0.29, 0.717) is 18.8 Å². The van der Waals surface area contributed by atoms with Gasteiger partial charge in [-0.25, -0.2) is 0 Å². The number of piperazine rings is 1. The zero-order valence-electron chi connectivity index (χ0n) is 14.0. The Balaban J connectivity index is 1.45. The Morgan fingerprint density at radius 1 is 1.19 bits per heavy atom. The van der Waals surface area contributed by atoms with Crippen molar-refractivity contribution in [2.24, 2.45) is 5.16 Å². The summed E-state index contributed by atoms with van der Waals surface area (Å²) in [5.74, 6) is 0.974. The van der Waals surface area contributed by atoms with Gasteiger partial charge in [-0.05, 0) is 24.3 Å². The van der Waals surface area contributed by atoms with Gasteiger partial charge in [-0.3, -0.25) is 4.79 Å². The number of anilines is 1. The van der Waals surface area contributed by atoms with Crippen molar-refractivity contribution in [3.05, 3.63) is 45.2 Å². The van der Waals surface area contributed by atoms with E-state index in [0.717, 1.165) is 44.4 Å². The fraction of sp³-hybridized carbons (Fsp3) is 0.333. The SMILES string of the molecule is O=C(c1cc2c(s1)SCCC2=NO)N1CCN(c2cccc(Br)c2)CC1. The van der Waals surface area contributed by atoms with Crippen LogP contribution < -0.4 is 4.90 Å². The van der Waals surface area contributed by atoms with Gasteiger partial charge < -0.3 is 15.0 Å². The second-order valence-corrected chi connectivity index (χ2v) is 9.55. The number of hydrogen-bond acceptors (Lipinski definition) is 6. The first-order valence-corrected chi connectivity index (χ1v) is 11.0. The molecule has 5 nitrogen and oxygen atoms in total. The summed E-state index contributed by atoms with van der Waals surface area (Å²) in [6.45, 7) is 3.07. The predicted octanol–water partition coefficient (Wildman–Crippen LogP) is 4.15. The molecule has 1 amide bonds. The molecule has 2 aliphatic heterocycles. The summed E-state index contributed by atoms with van der Waals surface area (Å²) in [5.41, 5.74) is 2.79. The molecule has 1 fully saturated rings. The van der Waals surface area contributed by atoms with Crippen LogP contribution in [0.15, 0.2) is 44.2 Å². The lowest BCUT2D eigenvalue weighted by atomic mass is 10.1. The van der Waals surface area contributed by atoms with E-state index >= 15 is 0 Å². The van der Waals surface area contributed by atoms with Crippen LogP contribution in [0, 0.1) is 0 Å². The van der Waals surface area contributed by atoms with Crippen LogP contribution in [0.4, 0.5) is 5.69 Å². The minimum absolute atomic E-state index is 0.0798. The number of fused-ring (bicyclic) bond motifs is 1. The quantitative estimate of drug-likeness (QED) is 0.550. The summed E-state index contributed by atoms with van der Waals surface area (Å²) in [6.07, 6.45) is 0.740. The van der Waals surface area contributed by atoms with Crippen LogP contribution in [-0.4, -0.2) is 53.7 Å². The van der Waals surface area contributed by atoms with E-state index in [-0.39, 0.29) is 5.91 Å². The summed E-state index contributed by atoms with van der Waals surface area (Å²) >= 11 is 6.76. The number of rotatable bonds is 2. The van der Waals surface area contributed by atoms with E-state index in [9.17, 15) is 10.0 Å². The zero-order chi connectivity index (χ0) is 18.1. The van der Waals surface area contributed by atoms with E-state index in [1.54, 1.807) is 11.8 Å². The summed E-state index contributed by atoms with van der Waals surface area (Å²) in [7, 11) is 0. The molecule has 0 aliphatic carbocycles. The lowest BCUT2D eigenvalue weighted by Gasteiger charge is -2.36. The fourth-order valence-electron chi connectivity index (χ4n) is 3.26. The van der Waals surface area contributed by atoms with Gasteiger partial charge in [0.15, 0.2) is 0 Å². The van der Waals surface area contributed by atoms with Crippen molar-refractivity contribution in [1.82, 2.24) is 4.90 Å². The highest BCUT2D eigenvalue weighted by atomic mass is 79.9. The van der Waals surface area contributed by atoms with E-state index < -0.39 is 0 Å². The third kappa shape index (κ3) is 3.50. The molecule has 1 aromatic heterocycles. The van der Waals surface area contributed by atoms with Gasteiger partial charge in [-0.2, -0.15) is 0 Å². The van der Waals surface area contributed by atoms with Crippen molar-refractivity contribution >= 4 is 56.3 Å². The zero-order valence-corrected chi connectivity index (χ0v) is 17.2. The fourth-order valence-corrected chi connectivity index (χ4v) is 6.10. The van der Waals surface area contributed by atoms with Crippen LogP contribution in [0.3, 0.4) is 0 Å². The highest BCUT2D eigenvalue weighted by Gasteiger charge is 2.27. The van der Waals surface area contributed by atoms with Gasteiger partial charge in [-0.15, -0.1) is 23.1 Å². The molecule has 1 saturated heterocycles. The average Bonchev–Trinajstić information content (AvgIpc) is 3.12. The Bertz CT molecular complexity index is 860. The lowest BCUT2D eigenvalue weighted by Crippen LogP contribution is -2.48. The van der Waals surface area contributed by atoms with E-state index in [1.807, 2.05) is 23.1 Å². The third-order valence-electron chi connectivity index (χ3n) is 4.65. The second kappa shape index (κ2) is 7.62. The number of hydrogen-bond donors (Lipinski definition) is 1. The number of oxime groups is 1. The number of amides is 1. The third-order valence-corrected chi connectivity index (χ3v) is 7.56. The topological polar surface area (TPSA) is 56.1 Å². The predicted molar refractivity (Wildman–Crippen MR) is 110 cm³/mol. The summed E-state index contributed by atoms with van der Waals surface area (Å²) < 4.78 is 2.15. The molecular formula is C18H18BrN3O2S2. The Hall–Kier alpha value is -1.51. The monoisotopic (exact) mass is 451 g/mol. The van der Waals surface area contributed by atoms with Crippen molar-refractivity contribution in [2.75, 3.05) is 36.8 Å². The van der Waals surface area contributed by atoms with Gasteiger partial charge in [0.2, 0.25) is 0 Å². The molecule has 2 aromatic rings. The first kappa shape index (κ1) is 17.9. The van der Waals surface area contributed by atoms with Crippen molar-refractivity contribution in [1.29, 1.82) is 0 Å². The second-order valence-electron chi connectivity index (χ2n) is 6.22. The Morgan fingerprint density at radius 2 is 2.00 bits per heavy atom. The number of carbonyl (C=O) groups is 1. The minimum atomic E-state index is 0.0798. The smallest absolute Gasteiger partial charge is 0.264 e. The average molecular weight is 452 g/mol. The van der Waals surface area contributed by atoms with Crippen LogP contribution >= 0.6 is 39.0 Å². The van der Waals surface area contributed by atoms with Crippen LogP contribution in [-0.2, 0) is 0 Å². The molecule has 26 heavy (non-hydrogen) atoms. The Kier molecular flexibility index (Phi) is 5.24. The standard InChI is InChI=1S/C18H18BrN3O2S2/c19-12-2-1-3-13(10-12)21-5-7-22(8-6-21)17(23)16-11-14-15(20-24)4-9-25-18(14)26-16/h1-3,10-11,24H,4-9H2. The molecule has 1 N–H and O–H groups in total. The number of halogens is 1. The molecule has 0 saturated carbocycles. The number of benzene rings is 1. The molecule has 0 bridgehead atoms. The van der Waals surface area contributed by atoms with Gasteiger partial charge >= 0.3 is 0 Å². The lowest BCUT2D eigenvalue weighted by molar-refractivity contribution is 0.0751. The van der Waals surface area contributed by atoms with E-state index in [4.69, 9.17) is 0 Å². The molecular weight excluding hydrogens is 434 g/mol. The molecule has 8 heteroatoms. The number of thiophene rings is 1. The first-order chi connectivity index (χ1) is 12.7. The Labute approximate surface area is 168 Å². The summed E-state index contributed by atoms with van der Waals surface area (Å²) in [5, 5.41) is 12.6. The summed E-state index contributed by atoms with van der Waals surface area (Å²) in [4.78, 5) is 17.9.